The average Bonchev–Trinajstić information content (AvgIpc) is 2.34. The molecule has 0 saturated heterocycles. The molecule has 1 N–H and O–H groups in total. The largest absolute Gasteiger partial charge is 0.308 e. The standard InChI is InChI=1S/C14H14ClFN2/c1-10-4-5-17-8-12(10)9-18-7-11-2-3-13(15)6-14(11)16/h2-6,8,18H,7,9H2,1H3. The maximum Gasteiger partial charge on any atom is 0.129 e. The van der Waals surface area contributed by atoms with E-state index in [0.717, 1.165) is 5.56 Å². The summed E-state index contributed by atoms with van der Waals surface area (Å²) in [6.45, 7) is 3.17. The van der Waals surface area contributed by atoms with Crippen molar-refractivity contribution in [2.24, 2.45) is 0 Å². The van der Waals surface area contributed by atoms with Crippen LogP contribution in [0.1, 0.15) is 16.7 Å². The number of nitrogens with zero attached hydrogens (tertiary/aromatic N) is 1. The molecule has 0 radical (unpaired) electrons. The summed E-state index contributed by atoms with van der Waals surface area (Å²) in [7, 11) is 0. The highest BCUT2D eigenvalue weighted by Gasteiger charge is 2.03. The van der Waals surface area contributed by atoms with E-state index in [2.05, 4.69) is 10.3 Å². The van der Waals surface area contributed by atoms with Crippen molar-refractivity contribution in [1.29, 1.82) is 0 Å². The molecule has 1 aromatic carbocycles. The number of halogens is 2. The third kappa shape index (κ3) is 3.28. The molecule has 0 aliphatic rings. The number of pyridine rings is 1. The second-order valence-electron chi connectivity index (χ2n) is 4.14. The van der Waals surface area contributed by atoms with E-state index in [1.807, 2.05) is 19.2 Å². The summed E-state index contributed by atoms with van der Waals surface area (Å²) in [5.74, 6) is -0.280. The van der Waals surface area contributed by atoms with Crippen molar-refractivity contribution >= 4 is 11.6 Å². The minimum atomic E-state index is -0.280. The SMILES string of the molecule is Cc1ccncc1CNCc1ccc(Cl)cc1F. The van der Waals surface area contributed by atoms with Gasteiger partial charge in [0.2, 0.25) is 0 Å². The van der Waals surface area contributed by atoms with E-state index in [4.69, 9.17) is 11.6 Å². The third-order valence-electron chi connectivity index (χ3n) is 2.79. The lowest BCUT2D eigenvalue weighted by molar-refractivity contribution is 0.587. The second-order valence-corrected chi connectivity index (χ2v) is 4.58. The van der Waals surface area contributed by atoms with Gasteiger partial charge in [-0.1, -0.05) is 17.7 Å². The zero-order valence-electron chi connectivity index (χ0n) is 10.1. The number of benzene rings is 1. The van der Waals surface area contributed by atoms with Gasteiger partial charge in [-0.25, -0.2) is 4.39 Å². The molecule has 0 amide bonds. The van der Waals surface area contributed by atoms with E-state index in [1.165, 1.54) is 11.6 Å². The number of rotatable bonds is 4. The first-order valence-corrected chi connectivity index (χ1v) is 6.09. The number of nitrogens with one attached hydrogen (secondary N) is 1. The first-order valence-electron chi connectivity index (χ1n) is 5.71. The fourth-order valence-corrected chi connectivity index (χ4v) is 1.84. The monoisotopic (exact) mass is 264 g/mol. The van der Waals surface area contributed by atoms with Crippen molar-refractivity contribution in [3.63, 3.8) is 0 Å². The van der Waals surface area contributed by atoms with Gasteiger partial charge in [-0.15, -0.1) is 0 Å². The van der Waals surface area contributed by atoms with Crippen LogP contribution in [-0.2, 0) is 13.1 Å². The molecular formula is C14H14ClFN2. The van der Waals surface area contributed by atoms with Crippen molar-refractivity contribution in [2.45, 2.75) is 20.0 Å². The third-order valence-corrected chi connectivity index (χ3v) is 3.03. The van der Waals surface area contributed by atoms with Crippen molar-refractivity contribution < 1.29 is 4.39 Å². The molecule has 1 heterocycles. The Morgan fingerprint density at radius 2 is 2.00 bits per heavy atom. The van der Waals surface area contributed by atoms with E-state index in [1.54, 1.807) is 18.3 Å². The molecule has 0 atom stereocenters. The maximum absolute atomic E-state index is 13.5. The van der Waals surface area contributed by atoms with Crippen LogP contribution in [-0.4, -0.2) is 4.98 Å². The van der Waals surface area contributed by atoms with Gasteiger partial charge in [0.15, 0.2) is 0 Å². The Hall–Kier alpha value is -1.45. The molecule has 1 aromatic heterocycles. The van der Waals surface area contributed by atoms with Gasteiger partial charge in [0.05, 0.1) is 0 Å². The first kappa shape index (κ1) is 13.0. The van der Waals surface area contributed by atoms with Crippen LogP contribution in [0.3, 0.4) is 0 Å². The van der Waals surface area contributed by atoms with Gasteiger partial charge < -0.3 is 5.32 Å². The highest BCUT2D eigenvalue weighted by atomic mass is 35.5. The number of aromatic nitrogens is 1. The summed E-state index contributed by atoms with van der Waals surface area (Å²) in [4.78, 5) is 4.07. The summed E-state index contributed by atoms with van der Waals surface area (Å²) in [6, 6.07) is 6.67. The molecule has 0 spiro atoms. The molecule has 0 fully saturated rings. The van der Waals surface area contributed by atoms with Gasteiger partial charge in [0.1, 0.15) is 5.82 Å². The van der Waals surface area contributed by atoms with Crippen LogP contribution >= 0.6 is 11.6 Å². The first-order chi connectivity index (χ1) is 8.66. The molecule has 0 unspecified atom stereocenters. The lowest BCUT2D eigenvalue weighted by Crippen LogP contribution is -2.14. The summed E-state index contributed by atoms with van der Waals surface area (Å²) in [6.07, 6.45) is 3.58. The fraction of sp³-hybridized carbons (Fsp3) is 0.214. The van der Waals surface area contributed by atoms with E-state index in [0.29, 0.717) is 23.7 Å². The van der Waals surface area contributed by atoms with Crippen LogP contribution in [0.15, 0.2) is 36.7 Å². The van der Waals surface area contributed by atoms with E-state index >= 15 is 0 Å². The molecule has 18 heavy (non-hydrogen) atoms. The predicted molar refractivity (Wildman–Crippen MR) is 70.9 cm³/mol. The molecule has 0 saturated carbocycles. The Morgan fingerprint density at radius 1 is 1.22 bits per heavy atom. The number of hydrogen-bond acceptors (Lipinski definition) is 2. The number of aryl methyl sites for hydroxylation is 1. The number of hydrogen-bond donors (Lipinski definition) is 1. The highest BCUT2D eigenvalue weighted by molar-refractivity contribution is 6.30. The molecule has 0 aliphatic heterocycles. The van der Waals surface area contributed by atoms with Gasteiger partial charge >= 0.3 is 0 Å². The van der Waals surface area contributed by atoms with Gasteiger partial charge in [0, 0.05) is 36.1 Å². The molecule has 94 valence electrons. The molecule has 2 rings (SSSR count). The van der Waals surface area contributed by atoms with Crippen molar-refractivity contribution in [2.75, 3.05) is 0 Å². The molecule has 2 aromatic rings. The smallest absolute Gasteiger partial charge is 0.129 e. The van der Waals surface area contributed by atoms with Crippen molar-refractivity contribution in [3.8, 4) is 0 Å². The van der Waals surface area contributed by atoms with Crippen LogP contribution in [0.4, 0.5) is 4.39 Å². The Balaban J connectivity index is 1.95. The quantitative estimate of drug-likeness (QED) is 0.915. The van der Waals surface area contributed by atoms with E-state index < -0.39 is 0 Å². The van der Waals surface area contributed by atoms with Gasteiger partial charge in [-0.2, -0.15) is 0 Å². The Morgan fingerprint density at radius 3 is 2.72 bits per heavy atom. The van der Waals surface area contributed by atoms with Crippen LogP contribution < -0.4 is 5.32 Å². The predicted octanol–water partition coefficient (Wildman–Crippen LogP) is 3.47. The van der Waals surface area contributed by atoms with Crippen LogP contribution in [0, 0.1) is 12.7 Å². The Bertz CT molecular complexity index is 543. The molecule has 4 heteroatoms. The molecule has 2 nitrogen and oxygen atoms in total. The average molecular weight is 265 g/mol. The maximum atomic E-state index is 13.5. The van der Waals surface area contributed by atoms with Gasteiger partial charge in [-0.3, -0.25) is 4.98 Å². The minimum Gasteiger partial charge on any atom is -0.308 e. The normalized spacial score (nSPS) is 10.6. The lowest BCUT2D eigenvalue weighted by atomic mass is 10.1. The minimum absolute atomic E-state index is 0.280. The zero-order chi connectivity index (χ0) is 13.0. The molecule has 0 bridgehead atoms. The van der Waals surface area contributed by atoms with E-state index in [-0.39, 0.29) is 5.82 Å². The van der Waals surface area contributed by atoms with Crippen LogP contribution in [0.25, 0.3) is 0 Å². The second kappa shape index (κ2) is 5.94. The summed E-state index contributed by atoms with van der Waals surface area (Å²) in [5, 5.41) is 3.61. The summed E-state index contributed by atoms with van der Waals surface area (Å²) >= 11 is 5.70. The zero-order valence-corrected chi connectivity index (χ0v) is 10.8. The van der Waals surface area contributed by atoms with Crippen molar-refractivity contribution in [1.82, 2.24) is 10.3 Å². The summed E-state index contributed by atoms with van der Waals surface area (Å²) in [5.41, 5.74) is 2.90. The fourth-order valence-electron chi connectivity index (χ4n) is 1.68. The van der Waals surface area contributed by atoms with Crippen LogP contribution in [0.5, 0.6) is 0 Å². The van der Waals surface area contributed by atoms with E-state index in [9.17, 15) is 4.39 Å². The Kier molecular flexibility index (Phi) is 4.28. The molecular weight excluding hydrogens is 251 g/mol. The molecule has 0 aliphatic carbocycles. The lowest BCUT2D eigenvalue weighted by Gasteiger charge is -2.08. The summed E-state index contributed by atoms with van der Waals surface area (Å²) < 4.78 is 13.5. The van der Waals surface area contributed by atoms with Crippen LogP contribution in [0.2, 0.25) is 5.02 Å². The Labute approximate surface area is 111 Å². The topological polar surface area (TPSA) is 24.9 Å². The highest BCUT2D eigenvalue weighted by Crippen LogP contribution is 2.14. The van der Waals surface area contributed by atoms with Gasteiger partial charge in [0.25, 0.3) is 0 Å². The van der Waals surface area contributed by atoms with Crippen molar-refractivity contribution in [3.05, 3.63) is 64.2 Å². The van der Waals surface area contributed by atoms with Gasteiger partial charge in [-0.05, 0) is 36.2 Å².